The molecule has 2 aromatic carbocycles. The Balaban J connectivity index is 1.59. The highest BCUT2D eigenvalue weighted by atomic mass is 32.2. The topological polar surface area (TPSA) is 76.2 Å². The molecule has 0 saturated carbocycles. The number of nitrogens with zero attached hydrogens (tertiary/aromatic N) is 2. The van der Waals surface area contributed by atoms with Crippen molar-refractivity contribution in [3.63, 3.8) is 0 Å². The average Bonchev–Trinajstić information content (AvgIpc) is 3.57. The van der Waals surface area contributed by atoms with Gasteiger partial charge in [0.15, 0.2) is 0 Å². The minimum atomic E-state index is -4.46. The van der Waals surface area contributed by atoms with Gasteiger partial charge in [0, 0.05) is 13.1 Å². The summed E-state index contributed by atoms with van der Waals surface area (Å²) in [6.07, 6.45) is -2.61. The number of alkyl halides is 3. The first kappa shape index (κ1) is 27.4. The zero-order valence-corrected chi connectivity index (χ0v) is 21.4. The molecule has 0 N–H and O–H groups in total. The number of halogens is 3. The van der Waals surface area contributed by atoms with Crippen molar-refractivity contribution in [1.82, 2.24) is 9.21 Å². The van der Waals surface area contributed by atoms with E-state index in [0.717, 1.165) is 38.1 Å². The van der Waals surface area contributed by atoms with Crippen molar-refractivity contribution in [2.75, 3.05) is 39.8 Å². The Bertz CT molecular complexity index is 1170. The van der Waals surface area contributed by atoms with E-state index in [1.807, 2.05) is 0 Å². The molecule has 2 fully saturated rings. The van der Waals surface area contributed by atoms with Crippen LogP contribution in [-0.2, 0) is 30.5 Å². The minimum Gasteiger partial charge on any atom is -0.489 e. The van der Waals surface area contributed by atoms with E-state index >= 15 is 0 Å². The molecule has 2 heterocycles. The molecule has 0 amide bonds. The molecule has 2 aliphatic heterocycles. The minimum absolute atomic E-state index is 0.0291. The van der Waals surface area contributed by atoms with Gasteiger partial charge < -0.3 is 14.4 Å². The van der Waals surface area contributed by atoms with E-state index in [1.165, 1.54) is 23.5 Å². The third kappa shape index (κ3) is 5.63. The molecule has 11 heteroatoms. The third-order valence-electron chi connectivity index (χ3n) is 7.11. The van der Waals surface area contributed by atoms with Crippen LogP contribution in [0, 0.1) is 0 Å². The first-order chi connectivity index (χ1) is 17.6. The van der Waals surface area contributed by atoms with E-state index in [-0.39, 0.29) is 25.3 Å². The van der Waals surface area contributed by atoms with Gasteiger partial charge in [-0.1, -0.05) is 30.3 Å². The van der Waals surface area contributed by atoms with Crippen LogP contribution in [0.3, 0.4) is 0 Å². The van der Waals surface area contributed by atoms with Crippen LogP contribution in [0.4, 0.5) is 13.2 Å². The maximum atomic E-state index is 14.2. The third-order valence-corrected chi connectivity index (χ3v) is 9.61. The molecule has 4 rings (SSSR count). The standard InChI is InChI=1S/C26H31F3N2O5S/c1-35-24(32)25(20-7-3-2-4-8-20,14-18-30-15-5-6-16-30)37(33,34)31-17-13-23(19-31)36-22-11-9-21(10-12-22)26(27,28)29/h2-4,7-12,23H,5-6,13-19H2,1H3. The predicted molar refractivity (Wildman–Crippen MR) is 131 cm³/mol. The number of carbonyl (C=O) groups is 1. The monoisotopic (exact) mass is 540 g/mol. The first-order valence-corrected chi connectivity index (χ1v) is 13.7. The lowest BCUT2D eigenvalue weighted by Crippen LogP contribution is -2.53. The fourth-order valence-corrected chi connectivity index (χ4v) is 7.32. The maximum absolute atomic E-state index is 14.2. The summed E-state index contributed by atoms with van der Waals surface area (Å²) < 4.78 is 77.3. The van der Waals surface area contributed by atoms with E-state index in [1.54, 1.807) is 30.3 Å². The number of ether oxygens (including phenoxy) is 2. The van der Waals surface area contributed by atoms with Crippen molar-refractivity contribution in [2.45, 2.75) is 42.7 Å². The van der Waals surface area contributed by atoms with Crippen LogP contribution < -0.4 is 4.74 Å². The summed E-state index contributed by atoms with van der Waals surface area (Å²) >= 11 is 0. The van der Waals surface area contributed by atoms with Crippen molar-refractivity contribution < 1.29 is 35.9 Å². The van der Waals surface area contributed by atoms with Crippen molar-refractivity contribution in [2.24, 2.45) is 0 Å². The van der Waals surface area contributed by atoms with Crippen LogP contribution in [0.25, 0.3) is 0 Å². The molecule has 0 radical (unpaired) electrons. The molecule has 2 atom stereocenters. The van der Waals surface area contributed by atoms with E-state index in [0.29, 0.717) is 18.5 Å². The molecule has 0 bridgehead atoms. The van der Waals surface area contributed by atoms with Crippen molar-refractivity contribution in [1.29, 1.82) is 0 Å². The van der Waals surface area contributed by atoms with E-state index in [9.17, 15) is 26.4 Å². The molecular formula is C26H31F3N2O5S. The highest BCUT2D eigenvalue weighted by Gasteiger charge is 2.57. The molecule has 202 valence electrons. The Hall–Kier alpha value is -2.63. The number of hydrogen-bond acceptors (Lipinski definition) is 6. The van der Waals surface area contributed by atoms with Crippen molar-refractivity contribution in [3.8, 4) is 5.75 Å². The summed E-state index contributed by atoms with van der Waals surface area (Å²) in [7, 11) is -3.08. The second-order valence-corrected chi connectivity index (χ2v) is 11.6. The van der Waals surface area contributed by atoms with Crippen molar-refractivity contribution >= 4 is 16.0 Å². The van der Waals surface area contributed by atoms with Gasteiger partial charge in [-0.05, 0) is 68.6 Å². The number of sulfonamides is 1. The SMILES string of the molecule is COC(=O)C(CCN1CCCC1)(c1ccccc1)S(=O)(=O)N1CCC(Oc2ccc(C(F)(F)F)cc2)C1. The number of likely N-dealkylation sites (tertiary alicyclic amines) is 1. The van der Waals surface area contributed by atoms with Gasteiger partial charge in [-0.2, -0.15) is 17.5 Å². The maximum Gasteiger partial charge on any atom is 0.416 e. The normalized spacial score (nSPS) is 21.0. The second kappa shape index (κ2) is 11.0. The molecule has 2 saturated heterocycles. The van der Waals surface area contributed by atoms with E-state index in [2.05, 4.69) is 4.90 Å². The second-order valence-electron chi connectivity index (χ2n) is 9.40. The summed E-state index contributed by atoms with van der Waals surface area (Å²) in [4.78, 5) is 15.5. The van der Waals surface area contributed by atoms with Gasteiger partial charge in [-0.15, -0.1) is 0 Å². The largest absolute Gasteiger partial charge is 0.489 e. The van der Waals surface area contributed by atoms with E-state index in [4.69, 9.17) is 9.47 Å². The molecule has 0 aliphatic carbocycles. The molecular weight excluding hydrogens is 509 g/mol. The van der Waals surface area contributed by atoms with Crippen LogP contribution in [0.1, 0.15) is 36.8 Å². The number of hydrogen-bond donors (Lipinski definition) is 0. The predicted octanol–water partition coefficient (Wildman–Crippen LogP) is 4.04. The lowest BCUT2D eigenvalue weighted by atomic mass is 9.94. The summed E-state index contributed by atoms with van der Waals surface area (Å²) in [5.41, 5.74) is -0.452. The Morgan fingerprint density at radius 2 is 1.62 bits per heavy atom. The lowest BCUT2D eigenvalue weighted by molar-refractivity contribution is -0.144. The van der Waals surface area contributed by atoms with Gasteiger partial charge >= 0.3 is 12.1 Å². The molecule has 0 spiro atoms. The Kier molecular flexibility index (Phi) is 8.15. The average molecular weight is 541 g/mol. The fourth-order valence-electron chi connectivity index (χ4n) is 5.09. The highest BCUT2D eigenvalue weighted by molar-refractivity contribution is 7.90. The zero-order chi connectivity index (χ0) is 26.7. The van der Waals surface area contributed by atoms with Gasteiger partial charge in [-0.25, -0.2) is 13.2 Å². The molecule has 2 aliphatic rings. The van der Waals surface area contributed by atoms with Crippen molar-refractivity contribution in [3.05, 3.63) is 65.7 Å². The quantitative estimate of drug-likeness (QED) is 0.447. The van der Waals surface area contributed by atoms with Gasteiger partial charge in [0.25, 0.3) is 0 Å². The molecule has 2 aromatic rings. The van der Waals surface area contributed by atoms with Gasteiger partial charge in [-0.3, -0.25) is 0 Å². The van der Waals surface area contributed by atoms with E-state index < -0.39 is 38.6 Å². The summed E-state index contributed by atoms with van der Waals surface area (Å²) in [6, 6.07) is 12.7. The van der Waals surface area contributed by atoms with Crippen LogP contribution in [-0.4, -0.2) is 69.5 Å². The lowest BCUT2D eigenvalue weighted by Gasteiger charge is -2.35. The summed E-state index contributed by atoms with van der Waals surface area (Å²) in [6.45, 7) is 2.20. The Morgan fingerprint density at radius 3 is 2.22 bits per heavy atom. The van der Waals surface area contributed by atoms with Gasteiger partial charge in [0.2, 0.25) is 14.8 Å². The van der Waals surface area contributed by atoms with Crippen LogP contribution in [0.5, 0.6) is 5.75 Å². The number of rotatable bonds is 9. The number of esters is 1. The summed E-state index contributed by atoms with van der Waals surface area (Å²) in [5, 5.41) is 0. The number of carbonyl (C=O) groups excluding carboxylic acids is 1. The number of benzene rings is 2. The van der Waals surface area contributed by atoms with Gasteiger partial charge in [0.1, 0.15) is 11.9 Å². The summed E-state index contributed by atoms with van der Waals surface area (Å²) in [5.74, 6) is -0.626. The number of methoxy groups -OCH3 is 1. The van der Waals surface area contributed by atoms with Crippen LogP contribution >= 0.6 is 0 Å². The highest BCUT2D eigenvalue weighted by Crippen LogP contribution is 2.40. The molecule has 2 unspecified atom stereocenters. The Morgan fingerprint density at radius 1 is 0.973 bits per heavy atom. The Labute approximate surface area is 215 Å². The molecule has 7 nitrogen and oxygen atoms in total. The van der Waals surface area contributed by atoms with Crippen LogP contribution in [0.2, 0.25) is 0 Å². The molecule has 0 aromatic heterocycles. The van der Waals surface area contributed by atoms with Gasteiger partial charge in [0.05, 0.1) is 19.2 Å². The smallest absolute Gasteiger partial charge is 0.416 e. The zero-order valence-electron chi connectivity index (χ0n) is 20.6. The first-order valence-electron chi connectivity index (χ1n) is 12.3. The fraction of sp³-hybridized carbons (Fsp3) is 0.500. The molecule has 37 heavy (non-hydrogen) atoms. The van der Waals surface area contributed by atoms with Crippen LogP contribution in [0.15, 0.2) is 54.6 Å².